The Balaban J connectivity index is 1.79. The summed E-state index contributed by atoms with van der Waals surface area (Å²) in [6, 6.07) is 7.90. The zero-order chi connectivity index (χ0) is 23.5. The van der Waals surface area contributed by atoms with E-state index in [9.17, 15) is 23.5 Å². The van der Waals surface area contributed by atoms with Gasteiger partial charge in [0, 0.05) is 25.5 Å². The number of hydrogen-bond donors (Lipinski definition) is 1. The van der Waals surface area contributed by atoms with E-state index >= 15 is 0 Å². The molecule has 1 saturated heterocycles. The van der Waals surface area contributed by atoms with E-state index in [0.717, 1.165) is 12.1 Å². The van der Waals surface area contributed by atoms with Gasteiger partial charge in [-0.05, 0) is 42.3 Å². The van der Waals surface area contributed by atoms with Crippen molar-refractivity contribution in [2.75, 3.05) is 13.7 Å². The second-order valence-corrected chi connectivity index (χ2v) is 7.55. The minimum atomic E-state index is -1.04. The van der Waals surface area contributed by atoms with Crippen LogP contribution in [0.3, 0.4) is 0 Å². The number of imidazole rings is 1. The summed E-state index contributed by atoms with van der Waals surface area (Å²) in [6.45, 7) is 0.706. The summed E-state index contributed by atoms with van der Waals surface area (Å²) in [5.74, 6) is -3.44. The van der Waals surface area contributed by atoms with Crippen LogP contribution in [-0.4, -0.2) is 44.9 Å². The van der Waals surface area contributed by atoms with Gasteiger partial charge in [0.15, 0.2) is 0 Å². The van der Waals surface area contributed by atoms with Gasteiger partial charge in [-0.1, -0.05) is 12.1 Å². The van der Waals surface area contributed by atoms with Crippen LogP contribution in [0.1, 0.15) is 23.6 Å². The number of aliphatic hydroxyl groups excluding tert-OH is 1. The second kappa shape index (κ2) is 9.23. The van der Waals surface area contributed by atoms with Gasteiger partial charge < -0.3 is 19.3 Å². The van der Waals surface area contributed by atoms with Crippen LogP contribution in [0.25, 0.3) is 5.76 Å². The summed E-state index contributed by atoms with van der Waals surface area (Å²) in [7, 11) is 1.34. The number of rotatable bonds is 7. The van der Waals surface area contributed by atoms with Crippen LogP contribution in [0.15, 0.2) is 66.8 Å². The van der Waals surface area contributed by atoms with E-state index in [0.29, 0.717) is 18.5 Å². The SMILES string of the molecule is COc1ccc(F)cc1/C(O)=C1\C(=O)C(=O)N(CCCn2ccnc2)[C@@H]1c1cccc(F)c1. The molecule has 1 fully saturated rings. The van der Waals surface area contributed by atoms with E-state index in [1.165, 1.54) is 36.3 Å². The Kier molecular flexibility index (Phi) is 6.21. The Labute approximate surface area is 188 Å². The first kappa shape index (κ1) is 22.2. The molecule has 0 spiro atoms. The van der Waals surface area contributed by atoms with Gasteiger partial charge in [-0.2, -0.15) is 0 Å². The minimum Gasteiger partial charge on any atom is -0.507 e. The maximum absolute atomic E-state index is 14.1. The van der Waals surface area contributed by atoms with Crippen LogP contribution in [0.2, 0.25) is 0 Å². The second-order valence-electron chi connectivity index (χ2n) is 7.55. The molecule has 0 saturated carbocycles. The standard InChI is InChI=1S/C24H21F2N3O4/c1-33-19-7-6-17(26)13-18(19)22(30)20-21(15-4-2-5-16(25)12-15)29(24(32)23(20)31)10-3-9-28-11-8-27-14-28/h2,4-8,11-14,21,30H,3,9-10H2,1H3/b22-20+/t21-/m1/s1. The van der Waals surface area contributed by atoms with Gasteiger partial charge in [-0.25, -0.2) is 13.8 Å². The molecule has 9 heteroatoms. The number of likely N-dealkylation sites (tertiary alicyclic amines) is 1. The van der Waals surface area contributed by atoms with Crippen LogP contribution in [-0.2, 0) is 16.1 Å². The Morgan fingerprint density at radius 1 is 1.12 bits per heavy atom. The lowest BCUT2D eigenvalue weighted by molar-refractivity contribution is -0.139. The summed E-state index contributed by atoms with van der Waals surface area (Å²) < 4.78 is 35.0. The predicted octanol–water partition coefficient (Wildman–Crippen LogP) is 3.68. The number of amides is 1. The number of ether oxygens (including phenoxy) is 1. The van der Waals surface area contributed by atoms with Crippen LogP contribution < -0.4 is 4.74 Å². The van der Waals surface area contributed by atoms with Crippen LogP contribution in [0.5, 0.6) is 5.75 Å². The fourth-order valence-corrected chi connectivity index (χ4v) is 3.99. The number of carbonyl (C=O) groups is 2. The molecule has 2 heterocycles. The lowest BCUT2D eigenvalue weighted by Crippen LogP contribution is -2.31. The number of benzene rings is 2. The molecule has 3 aromatic rings. The highest BCUT2D eigenvalue weighted by atomic mass is 19.1. The highest BCUT2D eigenvalue weighted by molar-refractivity contribution is 6.46. The third-order valence-corrected chi connectivity index (χ3v) is 5.50. The van der Waals surface area contributed by atoms with Gasteiger partial charge in [0.2, 0.25) is 0 Å². The van der Waals surface area contributed by atoms with Gasteiger partial charge in [-0.15, -0.1) is 0 Å². The van der Waals surface area contributed by atoms with E-state index in [4.69, 9.17) is 4.74 Å². The summed E-state index contributed by atoms with van der Waals surface area (Å²) in [4.78, 5) is 31.2. The summed E-state index contributed by atoms with van der Waals surface area (Å²) in [6.07, 6.45) is 5.52. The molecule has 1 atom stereocenters. The third-order valence-electron chi connectivity index (χ3n) is 5.50. The highest BCUT2D eigenvalue weighted by Crippen LogP contribution is 2.41. The van der Waals surface area contributed by atoms with Crippen molar-refractivity contribution in [1.82, 2.24) is 14.5 Å². The first-order valence-electron chi connectivity index (χ1n) is 10.2. The van der Waals surface area contributed by atoms with Gasteiger partial charge in [-0.3, -0.25) is 9.59 Å². The number of aromatic nitrogens is 2. The number of nitrogens with zero attached hydrogens (tertiary/aromatic N) is 3. The van der Waals surface area contributed by atoms with E-state index in [1.54, 1.807) is 24.8 Å². The number of hydrogen-bond acceptors (Lipinski definition) is 5. The number of aliphatic hydroxyl groups is 1. The molecular formula is C24H21F2N3O4. The van der Waals surface area contributed by atoms with E-state index < -0.39 is 35.1 Å². The third kappa shape index (κ3) is 4.34. The van der Waals surface area contributed by atoms with Crippen LogP contribution in [0.4, 0.5) is 8.78 Å². The van der Waals surface area contributed by atoms with E-state index in [1.807, 2.05) is 4.57 Å². The molecule has 1 amide bonds. The average Bonchev–Trinajstić information content (AvgIpc) is 3.41. The van der Waals surface area contributed by atoms with Gasteiger partial charge in [0.25, 0.3) is 11.7 Å². The molecular weight excluding hydrogens is 432 g/mol. The normalized spacial score (nSPS) is 17.5. The molecule has 2 aromatic carbocycles. The van der Waals surface area contributed by atoms with Gasteiger partial charge in [0.05, 0.1) is 30.6 Å². The number of halogens is 2. The number of Topliss-reactive ketones (excluding diaryl/α,β-unsaturated/α-hetero) is 1. The molecule has 7 nitrogen and oxygen atoms in total. The fraction of sp³-hybridized carbons (Fsp3) is 0.208. The lowest BCUT2D eigenvalue weighted by atomic mass is 9.95. The Hall–Kier alpha value is -4.01. The summed E-state index contributed by atoms with van der Waals surface area (Å²) >= 11 is 0. The maximum atomic E-state index is 14.1. The van der Waals surface area contributed by atoms with Crippen molar-refractivity contribution < 1.29 is 28.2 Å². The zero-order valence-corrected chi connectivity index (χ0v) is 17.7. The molecule has 1 aromatic heterocycles. The lowest BCUT2D eigenvalue weighted by Gasteiger charge is -2.25. The zero-order valence-electron chi connectivity index (χ0n) is 17.7. The molecule has 0 radical (unpaired) electrons. The molecule has 4 rings (SSSR count). The smallest absolute Gasteiger partial charge is 0.295 e. The van der Waals surface area contributed by atoms with Crippen molar-refractivity contribution in [1.29, 1.82) is 0 Å². The topological polar surface area (TPSA) is 84.7 Å². The monoisotopic (exact) mass is 453 g/mol. The predicted molar refractivity (Wildman–Crippen MR) is 115 cm³/mol. The quantitative estimate of drug-likeness (QED) is 0.335. The van der Waals surface area contributed by atoms with E-state index in [2.05, 4.69) is 4.98 Å². The number of ketones is 1. The van der Waals surface area contributed by atoms with Crippen molar-refractivity contribution in [3.05, 3.63) is 89.5 Å². The molecule has 0 aliphatic carbocycles. The maximum Gasteiger partial charge on any atom is 0.295 e. The van der Waals surface area contributed by atoms with Crippen molar-refractivity contribution in [3.8, 4) is 5.75 Å². The Morgan fingerprint density at radius 3 is 2.61 bits per heavy atom. The molecule has 33 heavy (non-hydrogen) atoms. The van der Waals surface area contributed by atoms with Gasteiger partial charge >= 0.3 is 0 Å². The van der Waals surface area contributed by atoms with Crippen molar-refractivity contribution in [2.24, 2.45) is 0 Å². The number of aryl methyl sites for hydroxylation is 1. The molecule has 0 bridgehead atoms. The Morgan fingerprint density at radius 2 is 1.91 bits per heavy atom. The molecule has 1 N–H and O–H groups in total. The molecule has 170 valence electrons. The molecule has 1 aliphatic rings. The first-order chi connectivity index (χ1) is 15.9. The average molecular weight is 453 g/mol. The highest BCUT2D eigenvalue weighted by Gasteiger charge is 2.46. The van der Waals surface area contributed by atoms with Crippen molar-refractivity contribution >= 4 is 17.4 Å². The largest absolute Gasteiger partial charge is 0.507 e. The first-order valence-corrected chi connectivity index (χ1v) is 10.2. The number of carbonyl (C=O) groups excluding carboxylic acids is 2. The number of methoxy groups -OCH3 is 1. The molecule has 1 aliphatic heterocycles. The van der Waals surface area contributed by atoms with Crippen molar-refractivity contribution in [3.63, 3.8) is 0 Å². The summed E-state index contributed by atoms with van der Waals surface area (Å²) in [5, 5.41) is 11.1. The van der Waals surface area contributed by atoms with Crippen LogP contribution in [0, 0.1) is 11.6 Å². The summed E-state index contributed by atoms with van der Waals surface area (Å²) in [5.41, 5.74) is -0.0128. The van der Waals surface area contributed by atoms with Crippen LogP contribution >= 0.6 is 0 Å². The van der Waals surface area contributed by atoms with Crippen molar-refractivity contribution in [2.45, 2.75) is 19.0 Å². The van der Waals surface area contributed by atoms with Gasteiger partial charge in [0.1, 0.15) is 23.1 Å². The minimum absolute atomic E-state index is 0.0738. The fourth-order valence-electron chi connectivity index (χ4n) is 3.99. The Bertz CT molecular complexity index is 1220. The molecule has 0 unspecified atom stereocenters. The van der Waals surface area contributed by atoms with E-state index in [-0.39, 0.29) is 23.4 Å².